The molecule has 0 bridgehead atoms. The van der Waals surface area contributed by atoms with Gasteiger partial charge in [-0.05, 0) is 49.7 Å². The maximum Gasteiger partial charge on any atom is 0.329 e. The van der Waals surface area contributed by atoms with Gasteiger partial charge in [-0.1, -0.05) is 69.6 Å². The number of aromatic nitrogens is 1. The van der Waals surface area contributed by atoms with Gasteiger partial charge in [0.1, 0.15) is 5.54 Å². The number of aliphatic carboxylic acids is 1. The van der Waals surface area contributed by atoms with Crippen LogP contribution in [-0.2, 0) is 9.59 Å². The van der Waals surface area contributed by atoms with E-state index in [0.29, 0.717) is 18.4 Å². The molecule has 1 aromatic carbocycles. The number of hydrogen-bond donors (Lipinski definition) is 2. The summed E-state index contributed by atoms with van der Waals surface area (Å²) in [5.41, 5.74) is 0.776. The molecule has 2 aliphatic carbocycles. The van der Waals surface area contributed by atoms with E-state index in [1.165, 1.54) is 38.5 Å². The zero-order valence-corrected chi connectivity index (χ0v) is 20.3. The quantitative estimate of drug-likeness (QED) is 0.480. The Morgan fingerprint density at radius 3 is 2.24 bits per heavy atom. The van der Waals surface area contributed by atoms with Crippen LogP contribution in [0.2, 0.25) is 0 Å². The van der Waals surface area contributed by atoms with Gasteiger partial charge in [0.2, 0.25) is 5.91 Å². The molecule has 1 unspecified atom stereocenters. The van der Waals surface area contributed by atoms with Gasteiger partial charge >= 0.3 is 5.97 Å². The first-order valence-electron chi connectivity index (χ1n) is 13.0. The van der Waals surface area contributed by atoms with E-state index in [9.17, 15) is 14.7 Å². The number of nitrogens with one attached hydrogen (secondary N) is 1. The van der Waals surface area contributed by atoms with E-state index in [-0.39, 0.29) is 11.8 Å². The van der Waals surface area contributed by atoms with E-state index in [1.807, 2.05) is 31.3 Å². The number of nitrogens with zero attached hydrogens (tertiary/aromatic N) is 1. The molecule has 33 heavy (non-hydrogen) atoms. The monoisotopic (exact) mass is 452 g/mol. The Kier molecular flexibility index (Phi) is 7.45. The number of fused-ring (bicyclic) bond motifs is 1. The first-order chi connectivity index (χ1) is 15.9. The Labute approximate surface area is 197 Å². The third kappa shape index (κ3) is 4.97. The highest BCUT2D eigenvalue weighted by atomic mass is 16.4. The fraction of sp³-hybridized carbons (Fsp3) is 0.643. The number of rotatable bonds is 8. The van der Waals surface area contributed by atoms with Crippen LogP contribution in [0.25, 0.3) is 10.9 Å². The van der Waals surface area contributed by atoms with Crippen LogP contribution in [0.15, 0.2) is 30.5 Å². The van der Waals surface area contributed by atoms with E-state index in [0.717, 1.165) is 48.6 Å². The summed E-state index contributed by atoms with van der Waals surface area (Å²) in [5.74, 6) is -0.389. The van der Waals surface area contributed by atoms with E-state index in [4.69, 9.17) is 0 Å². The van der Waals surface area contributed by atoms with Gasteiger partial charge in [-0.2, -0.15) is 0 Å². The molecule has 1 aromatic heterocycles. The topological polar surface area (TPSA) is 73.4 Å². The molecule has 2 atom stereocenters. The lowest BCUT2D eigenvalue weighted by Crippen LogP contribution is -2.59. The predicted octanol–water partition coefficient (Wildman–Crippen LogP) is 6.49. The van der Waals surface area contributed by atoms with Crippen LogP contribution in [0.5, 0.6) is 0 Å². The second-order valence-electron chi connectivity index (χ2n) is 10.7. The number of amides is 1. The van der Waals surface area contributed by atoms with Crippen molar-refractivity contribution in [2.24, 2.45) is 11.8 Å². The standard InChI is InChI=1S/C28H40N2O3/c1-20(31)30(19-22-13-7-4-8-14-22)28(2,27(32)33)25(17-21-11-5-3-6-12-21)24-18-29-26-16-10-9-15-23(24)26/h9-10,15-16,18,21-22,25,29H,3-8,11-14,17,19H2,1-2H3,(H,32,33)/t25?,28-/m1/s1. The minimum atomic E-state index is -1.29. The normalized spacial score (nSPS) is 20.9. The van der Waals surface area contributed by atoms with Crippen LogP contribution < -0.4 is 0 Å². The second-order valence-corrected chi connectivity index (χ2v) is 10.7. The Balaban J connectivity index is 1.77. The van der Waals surface area contributed by atoms with Gasteiger partial charge in [0.15, 0.2) is 0 Å². The maximum absolute atomic E-state index is 13.1. The molecule has 180 valence electrons. The SMILES string of the molecule is CC(=O)N(CC1CCCCC1)[C@@](C)(C(=O)O)C(CC1CCCCC1)c1c[nH]c2ccccc12. The van der Waals surface area contributed by atoms with Crippen LogP contribution >= 0.6 is 0 Å². The van der Waals surface area contributed by atoms with Gasteiger partial charge in [-0.25, -0.2) is 4.79 Å². The number of carboxylic acids is 1. The van der Waals surface area contributed by atoms with Crippen LogP contribution in [0.1, 0.15) is 96.0 Å². The Hall–Kier alpha value is -2.30. The van der Waals surface area contributed by atoms with Crippen molar-refractivity contribution >= 4 is 22.8 Å². The summed E-state index contributed by atoms with van der Waals surface area (Å²) in [6.45, 7) is 3.91. The number of hydrogen-bond acceptors (Lipinski definition) is 2. The predicted molar refractivity (Wildman–Crippen MR) is 132 cm³/mol. The number of carboxylic acid groups (broad SMARTS) is 1. The number of benzene rings is 1. The van der Waals surface area contributed by atoms with Crippen molar-refractivity contribution in [2.75, 3.05) is 6.54 Å². The van der Waals surface area contributed by atoms with Crippen molar-refractivity contribution in [2.45, 2.75) is 95.9 Å². The van der Waals surface area contributed by atoms with Crippen molar-refractivity contribution in [1.29, 1.82) is 0 Å². The van der Waals surface area contributed by atoms with Gasteiger partial charge in [0.25, 0.3) is 0 Å². The fourth-order valence-corrected chi connectivity index (χ4v) is 6.52. The lowest BCUT2D eigenvalue weighted by molar-refractivity contribution is -0.160. The summed E-state index contributed by atoms with van der Waals surface area (Å²) in [4.78, 5) is 31.3. The minimum absolute atomic E-state index is 0.126. The average molecular weight is 453 g/mol. The lowest BCUT2D eigenvalue weighted by atomic mass is 9.71. The molecule has 1 heterocycles. The maximum atomic E-state index is 13.1. The minimum Gasteiger partial charge on any atom is -0.479 e. The smallest absolute Gasteiger partial charge is 0.329 e. The van der Waals surface area contributed by atoms with E-state index in [1.54, 1.807) is 11.8 Å². The molecule has 2 saturated carbocycles. The Bertz CT molecular complexity index is 955. The molecule has 4 rings (SSSR count). The summed E-state index contributed by atoms with van der Waals surface area (Å²) in [6.07, 6.45) is 14.6. The van der Waals surface area contributed by atoms with E-state index >= 15 is 0 Å². The molecule has 5 nitrogen and oxygen atoms in total. The highest BCUT2D eigenvalue weighted by Gasteiger charge is 2.50. The highest BCUT2D eigenvalue weighted by Crippen LogP contribution is 2.45. The molecular formula is C28H40N2O3. The molecule has 2 aromatic rings. The highest BCUT2D eigenvalue weighted by molar-refractivity contribution is 5.90. The first kappa shape index (κ1) is 23.8. The summed E-state index contributed by atoms with van der Waals surface area (Å²) in [6, 6.07) is 8.14. The van der Waals surface area contributed by atoms with Crippen molar-refractivity contribution in [3.05, 3.63) is 36.0 Å². The zero-order valence-electron chi connectivity index (χ0n) is 20.3. The molecular weight excluding hydrogens is 412 g/mol. The van der Waals surface area contributed by atoms with Gasteiger partial charge < -0.3 is 15.0 Å². The summed E-state index contributed by atoms with van der Waals surface area (Å²) >= 11 is 0. The van der Waals surface area contributed by atoms with Gasteiger partial charge in [0.05, 0.1) is 0 Å². The third-order valence-electron chi connectivity index (χ3n) is 8.51. The molecule has 0 spiro atoms. The number of carbonyl (C=O) groups excluding carboxylic acids is 1. The molecule has 0 saturated heterocycles. The lowest BCUT2D eigenvalue weighted by Gasteiger charge is -2.46. The Morgan fingerprint density at radius 2 is 1.64 bits per heavy atom. The summed E-state index contributed by atoms with van der Waals surface area (Å²) < 4.78 is 0. The number of aromatic amines is 1. The average Bonchev–Trinajstić information content (AvgIpc) is 3.25. The third-order valence-corrected chi connectivity index (χ3v) is 8.51. The van der Waals surface area contributed by atoms with E-state index < -0.39 is 11.5 Å². The largest absolute Gasteiger partial charge is 0.479 e. The molecule has 0 radical (unpaired) electrons. The second kappa shape index (κ2) is 10.3. The molecule has 2 fully saturated rings. The number of carbonyl (C=O) groups is 2. The fourth-order valence-electron chi connectivity index (χ4n) is 6.52. The molecule has 1 amide bonds. The van der Waals surface area contributed by atoms with Crippen molar-refractivity contribution < 1.29 is 14.7 Å². The summed E-state index contributed by atoms with van der Waals surface area (Å²) in [7, 11) is 0. The zero-order chi connectivity index (χ0) is 23.4. The number of H-pyrrole nitrogens is 1. The summed E-state index contributed by atoms with van der Waals surface area (Å²) in [5, 5.41) is 11.8. The van der Waals surface area contributed by atoms with Crippen LogP contribution in [0.4, 0.5) is 0 Å². The molecule has 0 aliphatic heterocycles. The van der Waals surface area contributed by atoms with Crippen LogP contribution in [0, 0.1) is 11.8 Å². The van der Waals surface area contributed by atoms with Gasteiger partial charge in [-0.3, -0.25) is 4.79 Å². The van der Waals surface area contributed by atoms with Crippen LogP contribution in [0.3, 0.4) is 0 Å². The van der Waals surface area contributed by atoms with Crippen LogP contribution in [-0.4, -0.2) is 39.0 Å². The van der Waals surface area contributed by atoms with E-state index in [2.05, 4.69) is 11.1 Å². The number of para-hydroxylation sites is 1. The molecule has 5 heteroatoms. The van der Waals surface area contributed by atoms with Crippen molar-refractivity contribution in [3.63, 3.8) is 0 Å². The Morgan fingerprint density at radius 1 is 1.03 bits per heavy atom. The first-order valence-corrected chi connectivity index (χ1v) is 13.0. The molecule has 2 N–H and O–H groups in total. The molecule has 2 aliphatic rings. The van der Waals surface area contributed by atoms with Gasteiger partial charge in [-0.15, -0.1) is 0 Å². The van der Waals surface area contributed by atoms with Gasteiger partial charge in [0, 0.05) is 36.5 Å². The van der Waals surface area contributed by atoms with Crippen molar-refractivity contribution in [3.8, 4) is 0 Å². The van der Waals surface area contributed by atoms with Crippen molar-refractivity contribution in [1.82, 2.24) is 9.88 Å².